The van der Waals surface area contributed by atoms with Crippen molar-refractivity contribution in [1.82, 2.24) is 9.97 Å². The molecule has 1 heterocycles. The summed E-state index contributed by atoms with van der Waals surface area (Å²) in [6.07, 6.45) is 1.39. The van der Waals surface area contributed by atoms with Gasteiger partial charge in [-0.2, -0.15) is 13.2 Å². The highest BCUT2D eigenvalue weighted by Crippen LogP contribution is 2.44. The summed E-state index contributed by atoms with van der Waals surface area (Å²) in [4.78, 5) is 20.3. The SMILES string of the molecule is COC1(CNc2ncc(OCCCC(=O)OC(C)(C)C)cn2)CC(C(F)(F)F)=CC=C1c1cccc(C(C)C)c1. The second-order valence-corrected chi connectivity index (χ2v) is 11.1. The maximum absolute atomic E-state index is 13.7. The Morgan fingerprint density at radius 1 is 1.12 bits per heavy atom. The first-order valence-corrected chi connectivity index (χ1v) is 13.3. The number of benzene rings is 1. The third-order valence-electron chi connectivity index (χ3n) is 6.41. The van der Waals surface area contributed by atoms with Crippen molar-refractivity contribution in [3.63, 3.8) is 0 Å². The van der Waals surface area contributed by atoms with E-state index in [0.29, 0.717) is 17.7 Å². The van der Waals surface area contributed by atoms with Crippen LogP contribution in [0.3, 0.4) is 0 Å². The maximum atomic E-state index is 13.7. The maximum Gasteiger partial charge on any atom is 0.412 e. The lowest BCUT2D eigenvalue weighted by atomic mass is 9.78. The van der Waals surface area contributed by atoms with E-state index in [2.05, 4.69) is 29.1 Å². The van der Waals surface area contributed by atoms with Crippen LogP contribution in [-0.2, 0) is 14.3 Å². The molecule has 40 heavy (non-hydrogen) atoms. The summed E-state index contributed by atoms with van der Waals surface area (Å²) in [5, 5.41) is 3.05. The lowest BCUT2D eigenvalue weighted by Gasteiger charge is -2.38. The zero-order chi connectivity index (χ0) is 29.6. The van der Waals surface area contributed by atoms with Gasteiger partial charge in [-0.3, -0.25) is 4.79 Å². The highest BCUT2D eigenvalue weighted by Gasteiger charge is 2.45. The smallest absolute Gasteiger partial charge is 0.412 e. The van der Waals surface area contributed by atoms with E-state index >= 15 is 0 Å². The van der Waals surface area contributed by atoms with E-state index in [0.717, 1.165) is 17.2 Å². The van der Waals surface area contributed by atoms with Gasteiger partial charge in [0.15, 0.2) is 5.75 Å². The number of carbonyl (C=O) groups is 1. The molecule has 1 N–H and O–H groups in total. The molecular weight excluding hydrogens is 523 g/mol. The number of ether oxygens (including phenoxy) is 3. The van der Waals surface area contributed by atoms with Crippen LogP contribution in [0.15, 0.2) is 54.4 Å². The molecule has 0 aliphatic heterocycles. The third kappa shape index (κ3) is 8.55. The number of rotatable bonds is 11. The minimum atomic E-state index is -4.48. The van der Waals surface area contributed by atoms with Crippen LogP contribution in [0.5, 0.6) is 5.75 Å². The van der Waals surface area contributed by atoms with Gasteiger partial charge in [0.1, 0.15) is 11.2 Å². The Morgan fingerprint density at radius 3 is 2.42 bits per heavy atom. The first kappa shape index (κ1) is 31.1. The molecule has 1 atom stereocenters. The topological polar surface area (TPSA) is 82.6 Å². The van der Waals surface area contributed by atoms with E-state index in [1.807, 2.05) is 45.0 Å². The average Bonchev–Trinajstić information content (AvgIpc) is 2.89. The molecule has 1 aromatic carbocycles. The second kappa shape index (κ2) is 12.8. The molecule has 1 aliphatic rings. The van der Waals surface area contributed by atoms with Gasteiger partial charge in [-0.05, 0) is 49.8 Å². The van der Waals surface area contributed by atoms with Gasteiger partial charge >= 0.3 is 12.1 Å². The number of nitrogens with one attached hydrogen (secondary N) is 1. The molecule has 0 fully saturated rings. The van der Waals surface area contributed by atoms with Crippen LogP contribution in [0.2, 0.25) is 0 Å². The summed E-state index contributed by atoms with van der Waals surface area (Å²) >= 11 is 0. The van der Waals surface area contributed by atoms with Crippen molar-refractivity contribution in [3.05, 3.63) is 65.5 Å². The summed E-state index contributed by atoms with van der Waals surface area (Å²) in [6.45, 7) is 9.84. The Bertz CT molecular complexity index is 1220. The lowest BCUT2D eigenvalue weighted by molar-refractivity contribution is -0.155. The van der Waals surface area contributed by atoms with E-state index in [4.69, 9.17) is 14.2 Å². The van der Waals surface area contributed by atoms with Crippen molar-refractivity contribution in [3.8, 4) is 5.75 Å². The van der Waals surface area contributed by atoms with Crippen LogP contribution in [-0.4, -0.2) is 53.6 Å². The molecule has 218 valence electrons. The van der Waals surface area contributed by atoms with Crippen molar-refractivity contribution >= 4 is 17.5 Å². The zero-order valence-corrected chi connectivity index (χ0v) is 23.9. The van der Waals surface area contributed by atoms with Crippen LogP contribution in [0.1, 0.15) is 70.9 Å². The molecule has 0 saturated heterocycles. The molecule has 3 rings (SSSR count). The van der Waals surface area contributed by atoms with Crippen LogP contribution in [0.25, 0.3) is 5.57 Å². The molecule has 2 aromatic rings. The van der Waals surface area contributed by atoms with Crippen molar-refractivity contribution < 1.29 is 32.2 Å². The molecule has 0 saturated carbocycles. The van der Waals surface area contributed by atoms with Gasteiger partial charge in [-0.25, -0.2) is 9.97 Å². The number of allylic oxidation sites excluding steroid dienone is 2. The van der Waals surface area contributed by atoms with Crippen molar-refractivity contribution in [2.45, 2.75) is 77.2 Å². The largest absolute Gasteiger partial charge is 0.490 e. The van der Waals surface area contributed by atoms with E-state index in [1.165, 1.54) is 25.6 Å². The number of anilines is 1. The molecule has 0 bridgehead atoms. The van der Waals surface area contributed by atoms with Crippen LogP contribution < -0.4 is 10.1 Å². The Balaban J connectivity index is 1.70. The summed E-state index contributed by atoms with van der Waals surface area (Å²) < 4.78 is 57.9. The predicted molar refractivity (Wildman–Crippen MR) is 148 cm³/mol. The van der Waals surface area contributed by atoms with Gasteiger partial charge in [0.05, 0.1) is 25.5 Å². The quantitative estimate of drug-likeness (QED) is 0.237. The van der Waals surface area contributed by atoms with Crippen LogP contribution >= 0.6 is 0 Å². The number of aromatic nitrogens is 2. The third-order valence-corrected chi connectivity index (χ3v) is 6.41. The van der Waals surface area contributed by atoms with Crippen molar-refractivity contribution in [2.75, 3.05) is 25.6 Å². The molecule has 0 radical (unpaired) electrons. The number of nitrogens with zero attached hydrogens (tertiary/aromatic N) is 2. The second-order valence-electron chi connectivity index (χ2n) is 11.1. The van der Waals surface area contributed by atoms with E-state index in [-0.39, 0.29) is 43.8 Å². The number of hydrogen-bond acceptors (Lipinski definition) is 7. The number of hydrogen-bond donors (Lipinski definition) is 1. The Kier molecular flexibility index (Phi) is 10.00. The van der Waals surface area contributed by atoms with E-state index < -0.39 is 23.0 Å². The molecule has 0 spiro atoms. The fraction of sp³-hybridized carbons (Fsp3) is 0.500. The van der Waals surface area contributed by atoms with Crippen LogP contribution in [0, 0.1) is 0 Å². The Labute approximate surface area is 233 Å². The van der Waals surface area contributed by atoms with Gasteiger partial charge in [0, 0.05) is 25.5 Å². The summed E-state index contributed by atoms with van der Waals surface area (Å²) in [5.74, 6) is 0.583. The van der Waals surface area contributed by atoms with Gasteiger partial charge in [0.25, 0.3) is 0 Å². The molecule has 7 nitrogen and oxygen atoms in total. The van der Waals surface area contributed by atoms with E-state index in [1.54, 1.807) is 0 Å². The standard InChI is InChI=1S/C30H38F3N3O4/c1-20(2)21-9-7-10-22(15-21)25-13-12-23(30(31,32)33)16-29(25,38-6)19-36-27-34-17-24(18-35-27)39-14-8-11-26(37)40-28(3,4)5/h7,9-10,12-13,15,17-18,20H,8,11,14,16,19H2,1-6H3,(H,34,35,36). The van der Waals surface area contributed by atoms with Gasteiger partial charge in [-0.15, -0.1) is 0 Å². The van der Waals surface area contributed by atoms with Gasteiger partial charge < -0.3 is 19.5 Å². The fourth-order valence-electron chi connectivity index (χ4n) is 4.33. The van der Waals surface area contributed by atoms with E-state index in [9.17, 15) is 18.0 Å². The number of halogens is 3. The number of methoxy groups -OCH3 is 1. The first-order valence-electron chi connectivity index (χ1n) is 13.3. The Morgan fingerprint density at radius 2 is 1.82 bits per heavy atom. The zero-order valence-electron chi connectivity index (χ0n) is 23.9. The minimum absolute atomic E-state index is 0.00471. The fourth-order valence-corrected chi connectivity index (χ4v) is 4.33. The predicted octanol–water partition coefficient (Wildman–Crippen LogP) is 6.87. The van der Waals surface area contributed by atoms with Crippen LogP contribution in [0.4, 0.5) is 19.1 Å². The molecule has 0 amide bonds. The Hall–Kier alpha value is -3.40. The van der Waals surface area contributed by atoms with Gasteiger partial charge in [-0.1, -0.05) is 50.3 Å². The molecule has 1 aliphatic carbocycles. The first-order chi connectivity index (χ1) is 18.7. The van der Waals surface area contributed by atoms with Crippen molar-refractivity contribution in [2.24, 2.45) is 0 Å². The molecular formula is C30H38F3N3O4. The number of carbonyl (C=O) groups excluding carboxylic acids is 1. The summed E-state index contributed by atoms with van der Waals surface area (Å²) in [6, 6.07) is 7.76. The summed E-state index contributed by atoms with van der Waals surface area (Å²) in [5.41, 5.74) is -0.00303. The normalized spacial score (nSPS) is 17.8. The number of esters is 1. The average molecular weight is 562 g/mol. The molecule has 1 unspecified atom stereocenters. The highest BCUT2D eigenvalue weighted by atomic mass is 19.4. The van der Waals surface area contributed by atoms with Crippen molar-refractivity contribution in [1.29, 1.82) is 0 Å². The molecule has 10 heteroatoms. The minimum Gasteiger partial charge on any atom is -0.490 e. The number of alkyl halides is 3. The highest BCUT2D eigenvalue weighted by molar-refractivity contribution is 5.77. The monoisotopic (exact) mass is 561 g/mol. The lowest BCUT2D eigenvalue weighted by Crippen LogP contribution is -2.43. The van der Waals surface area contributed by atoms with Gasteiger partial charge in [0.2, 0.25) is 5.95 Å². The summed E-state index contributed by atoms with van der Waals surface area (Å²) in [7, 11) is 1.41. The molecule has 1 aromatic heterocycles.